The molecule has 112 valence electrons. The summed E-state index contributed by atoms with van der Waals surface area (Å²) in [7, 11) is 0. The van der Waals surface area contributed by atoms with Gasteiger partial charge in [0.15, 0.2) is 0 Å². The Labute approximate surface area is 131 Å². The molecule has 2 nitrogen and oxygen atoms in total. The van der Waals surface area contributed by atoms with Gasteiger partial charge in [-0.25, -0.2) is 0 Å². The Kier molecular flexibility index (Phi) is 5.24. The van der Waals surface area contributed by atoms with Crippen LogP contribution < -0.4 is 5.32 Å². The van der Waals surface area contributed by atoms with E-state index >= 15 is 0 Å². The Balaban J connectivity index is 2.07. The second-order valence-electron chi connectivity index (χ2n) is 5.76. The predicted molar refractivity (Wildman–Crippen MR) is 89.8 cm³/mol. The lowest BCUT2D eigenvalue weighted by atomic mass is 9.95. The van der Waals surface area contributed by atoms with Crippen LogP contribution in [0.2, 0.25) is 0 Å². The second-order valence-corrected chi connectivity index (χ2v) is 6.14. The Morgan fingerprint density at radius 2 is 1.90 bits per heavy atom. The number of rotatable bonds is 6. The molecule has 0 fully saturated rings. The van der Waals surface area contributed by atoms with E-state index in [0.717, 1.165) is 18.4 Å². The van der Waals surface area contributed by atoms with Crippen LogP contribution in [0, 0.1) is 0 Å². The minimum absolute atomic E-state index is 0.0553. The van der Waals surface area contributed by atoms with E-state index in [2.05, 4.69) is 36.5 Å². The summed E-state index contributed by atoms with van der Waals surface area (Å²) in [4.78, 5) is 12.2. The number of halogens is 1. The summed E-state index contributed by atoms with van der Waals surface area (Å²) in [6, 6.07) is 14.4. The predicted octanol–water partition coefficient (Wildman–Crippen LogP) is 4.30. The molecule has 0 radical (unpaired) electrons. The van der Waals surface area contributed by atoms with Gasteiger partial charge in [0, 0.05) is 11.4 Å². The van der Waals surface area contributed by atoms with Crippen LogP contribution in [0.15, 0.2) is 42.5 Å². The zero-order valence-corrected chi connectivity index (χ0v) is 13.4. The van der Waals surface area contributed by atoms with E-state index in [9.17, 15) is 4.79 Å². The number of hydrogen-bond donors (Lipinski definition) is 1. The maximum absolute atomic E-state index is 12.2. The lowest BCUT2D eigenvalue weighted by Crippen LogP contribution is -2.46. The number of hydrogen-bond acceptors (Lipinski definition) is 1. The molecule has 0 saturated carbocycles. The highest BCUT2D eigenvalue weighted by atomic mass is 35.5. The van der Waals surface area contributed by atoms with Gasteiger partial charge in [-0.3, -0.25) is 4.79 Å². The molecular weight excluding hydrogens is 282 g/mol. The number of nitrogens with one attached hydrogen (secondary N) is 1. The second kappa shape index (κ2) is 6.95. The van der Waals surface area contributed by atoms with Crippen molar-refractivity contribution in [1.82, 2.24) is 5.32 Å². The number of carbonyl (C=O) groups excluding carboxylic acids is 1. The van der Waals surface area contributed by atoms with Crippen LogP contribution in [0.4, 0.5) is 0 Å². The van der Waals surface area contributed by atoms with Crippen LogP contribution in [0.25, 0.3) is 10.8 Å². The first kappa shape index (κ1) is 15.8. The molecule has 0 saturated heterocycles. The summed E-state index contributed by atoms with van der Waals surface area (Å²) >= 11 is 5.82. The average Bonchev–Trinajstić information content (AvgIpc) is 2.47. The summed E-state index contributed by atoms with van der Waals surface area (Å²) in [5.41, 5.74) is 0.825. The Bertz CT molecular complexity index is 625. The van der Waals surface area contributed by atoms with Crippen molar-refractivity contribution >= 4 is 28.3 Å². The molecule has 0 aliphatic carbocycles. The van der Waals surface area contributed by atoms with Crippen LogP contribution in [-0.2, 0) is 11.2 Å². The fourth-order valence-electron chi connectivity index (χ4n) is 2.45. The molecule has 2 aromatic rings. The maximum atomic E-state index is 12.2. The van der Waals surface area contributed by atoms with Crippen molar-refractivity contribution in [3.8, 4) is 0 Å². The Hall–Kier alpha value is -1.54. The summed E-state index contributed by atoms with van der Waals surface area (Å²) in [6.45, 7) is 4.12. The van der Waals surface area contributed by atoms with Gasteiger partial charge in [-0.1, -0.05) is 49.4 Å². The summed E-state index contributed by atoms with van der Waals surface area (Å²) in [6.07, 6.45) is 2.07. The van der Waals surface area contributed by atoms with Gasteiger partial charge < -0.3 is 5.32 Å². The Morgan fingerprint density at radius 1 is 1.19 bits per heavy atom. The summed E-state index contributed by atoms with van der Waals surface area (Å²) in [5.74, 6) is 0.611. The third-order valence-electron chi connectivity index (χ3n) is 4.05. The molecule has 0 aliphatic heterocycles. The molecule has 0 bridgehead atoms. The first-order valence-electron chi connectivity index (χ1n) is 7.41. The van der Waals surface area contributed by atoms with E-state index in [1.54, 1.807) is 0 Å². The van der Waals surface area contributed by atoms with Crippen molar-refractivity contribution in [2.24, 2.45) is 0 Å². The number of amides is 1. The normalized spacial score (nSPS) is 13.9. The first-order chi connectivity index (χ1) is 10.1. The van der Waals surface area contributed by atoms with Crippen LogP contribution in [-0.4, -0.2) is 17.3 Å². The minimum Gasteiger partial charge on any atom is -0.351 e. The molecule has 1 unspecified atom stereocenters. The fraction of sp³-hybridized carbons (Fsp3) is 0.389. The zero-order chi connectivity index (χ0) is 15.3. The van der Waals surface area contributed by atoms with Crippen molar-refractivity contribution in [2.45, 2.75) is 38.6 Å². The quantitative estimate of drug-likeness (QED) is 0.792. The summed E-state index contributed by atoms with van der Waals surface area (Å²) < 4.78 is 0. The van der Waals surface area contributed by atoms with Crippen LogP contribution in [0.3, 0.4) is 0 Å². The van der Waals surface area contributed by atoms with Gasteiger partial charge in [0.25, 0.3) is 0 Å². The molecule has 1 atom stereocenters. The van der Waals surface area contributed by atoms with Crippen molar-refractivity contribution in [2.75, 3.05) is 5.88 Å². The highest BCUT2D eigenvalue weighted by molar-refractivity contribution is 6.17. The number of alkyl halides is 1. The van der Waals surface area contributed by atoms with E-state index in [-0.39, 0.29) is 11.4 Å². The molecule has 1 amide bonds. The van der Waals surface area contributed by atoms with Gasteiger partial charge in [0.1, 0.15) is 0 Å². The molecule has 0 aromatic heterocycles. The molecule has 3 heteroatoms. The number of carbonyl (C=O) groups is 1. The maximum Gasteiger partial charge on any atom is 0.224 e. The average molecular weight is 304 g/mol. The molecular formula is C18H22ClNO. The van der Waals surface area contributed by atoms with Crippen molar-refractivity contribution < 1.29 is 4.79 Å². The number of benzene rings is 2. The lowest BCUT2D eigenvalue weighted by Gasteiger charge is -2.29. The van der Waals surface area contributed by atoms with E-state index in [0.29, 0.717) is 12.3 Å². The smallest absolute Gasteiger partial charge is 0.224 e. The van der Waals surface area contributed by atoms with E-state index in [4.69, 9.17) is 11.6 Å². The SMILES string of the molecule is CCC(C)(CCCl)NC(=O)Cc1ccc2ccccc2c1. The van der Waals surface area contributed by atoms with Crippen molar-refractivity contribution in [3.05, 3.63) is 48.0 Å². The highest BCUT2D eigenvalue weighted by Gasteiger charge is 2.23. The summed E-state index contributed by atoms with van der Waals surface area (Å²) in [5, 5.41) is 5.48. The Morgan fingerprint density at radius 3 is 2.57 bits per heavy atom. The van der Waals surface area contributed by atoms with E-state index in [1.807, 2.05) is 25.1 Å². The molecule has 0 heterocycles. The van der Waals surface area contributed by atoms with Gasteiger partial charge in [0.2, 0.25) is 5.91 Å². The first-order valence-corrected chi connectivity index (χ1v) is 7.94. The zero-order valence-electron chi connectivity index (χ0n) is 12.7. The molecule has 21 heavy (non-hydrogen) atoms. The minimum atomic E-state index is -0.213. The van der Waals surface area contributed by atoms with Crippen LogP contribution in [0.1, 0.15) is 32.3 Å². The molecule has 1 N–H and O–H groups in total. The molecule has 0 spiro atoms. The third kappa shape index (κ3) is 4.21. The van der Waals surface area contributed by atoms with Crippen LogP contribution >= 0.6 is 11.6 Å². The molecule has 0 aliphatic rings. The van der Waals surface area contributed by atoms with Gasteiger partial charge in [-0.15, -0.1) is 11.6 Å². The standard InChI is InChI=1S/C18H22ClNO/c1-3-18(2,10-11-19)20-17(21)13-14-8-9-15-6-4-5-7-16(15)12-14/h4-9,12H,3,10-11,13H2,1-2H3,(H,20,21). The molecule has 2 aromatic carbocycles. The lowest BCUT2D eigenvalue weighted by molar-refractivity contribution is -0.122. The number of fused-ring (bicyclic) bond motifs is 1. The van der Waals surface area contributed by atoms with E-state index in [1.165, 1.54) is 10.8 Å². The van der Waals surface area contributed by atoms with Gasteiger partial charge in [0.05, 0.1) is 6.42 Å². The van der Waals surface area contributed by atoms with E-state index < -0.39 is 0 Å². The largest absolute Gasteiger partial charge is 0.351 e. The monoisotopic (exact) mass is 303 g/mol. The van der Waals surface area contributed by atoms with Gasteiger partial charge in [-0.2, -0.15) is 0 Å². The highest BCUT2D eigenvalue weighted by Crippen LogP contribution is 2.18. The van der Waals surface area contributed by atoms with Gasteiger partial charge >= 0.3 is 0 Å². The van der Waals surface area contributed by atoms with Crippen molar-refractivity contribution in [1.29, 1.82) is 0 Å². The van der Waals surface area contributed by atoms with Crippen LogP contribution in [0.5, 0.6) is 0 Å². The topological polar surface area (TPSA) is 29.1 Å². The van der Waals surface area contributed by atoms with Gasteiger partial charge in [-0.05, 0) is 36.1 Å². The fourth-order valence-corrected chi connectivity index (χ4v) is 2.87. The molecule has 2 rings (SSSR count). The third-order valence-corrected chi connectivity index (χ3v) is 4.24. The van der Waals surface area contributed by atoms with Crippen molar-refractivity contribution in [3.63, 3.8) is 0 Å².